The zero-order valence-electron chi connectivity index (χ0n) is 14.3. The molecule has 1 amide bonds. The van der Waals surface area contributed by atoms with Crippen LogP contribution in [-0.4, -0.2) is 20.9 Å². The van der Waals surface area contributed by atoms with Crippen molar-refractivity contribution in [2.75, 3.05) is 6.54 Å². The van der Waals surface area contributed by atoms with Gasteiger partial charge in [0.25, 0.3) is 0 Å². The maximum Gasteiger partial charge on any atom is 0.241 e. The predicted octanol–water partition coefficient (Wildman–Crippen LogP) is 2.81. The third kappa shape index (κ3) is 4.63. The Hall–Kier alpha value is -1.89. The standard InChI is InChI=1S/C19H21ClN2O3S/c20-18-8-4-3-7-16(18)12-21-19(23)13-22-26(24,25)17-10-9-14-5-1-2-6-15(14)11-17/h3-4,7-11,22H,1-2,5-6,12-13H2,(H,21,23). The lowest BCUT2D eigenvalue weighted by Crippen LogP contribution is -2.36. The van der Waals surface area contributed by atoms with Crippen molar-refractivity contribution in [1.82, 2.24) is 10.0 Å². The van der Waals surface area contributed by atoms with Gasteiger partial charge in [0.2, 0.25) is 15.9 Å². The van der Waals surface area contributed by atoms with Crippen molar-refractivity contribution in [3.8, 4) is 0 Å². The van der Waals surface area contributed by atoms with Gasteiger partial charge in [-0.25, -0.2) is 13.1 Å². The second-order valence-corrected chi connectivity index (χ2v) is 8.50. The molecule has 5 nitrogen and oxygen atoms in total. The number of nitrogens with one attached hydrogen (secondary N) is 2. The lowest BCUT2D eigenvalue weighted by molar-refractivity contribution is -0.120. The van der Waals surface area contributed by atoms with Gasteiger partial charge in [-0.15, -0.1) is 0 Å². The molecular weight excluding hydrogens is 372 g/mol. The van der Waals surface area contributed by atoms with Crippen molar-refractivity contribution in [2.24, 2.45) is 0 Å². The van der Waals surface area contributed by atoms with Gasteiger partial charge in [-0.1, -0.05) is 35.9 Å². The van der Waals surface area contributed by atoms with Gasteiger partial charge in [-0.2, -0.15) is 0 Å². The first kappa shape index (κ1) is 18.9. The number of hydrogen-bond acceptors (Lipinski definition) is 3. The molecule has 1 aliphatic rings. The fourth-order valence-electron chi connectivity index (χ4n) is 3.02. The maximum atomic E-state index is 12.4. The molecule has 0 bridgehead atoms. The van der Waals surface area contributed by atoms with E-state index in [9.17, 15) is 13.2 Å². The van der Waals surface area contributed by atoms with Crippen LogP contribution in [0.4, 0.5) is 0 Å². The monoisotopic (exact) mass is 392 g/mol. The number of aryl methyl sites for hydroxylation is 2. The van der Waals surface area contributed by atoms with E-state index in [0.29, 0.717) is 5.02 Å². The summed E-state index contributed by atoms with van der Waals surface area (Å²) in [7, 11) is -3.72. The second kappa shape index (κ2) is 8.20. The quantitative estimate of drug-likeness (QED) is 0.793. The van der Waals surface area contributed by atoms with Crippen LogP contribution in [0.2, 0.25) is 5.02 Å². The number of rotatable bonds is 6. The third-order valence-electron chi connectivity index (χ3n) is 4.49. The van der Waals surface area contributed by atoms with Crippen molar-refractivity contribution >= 4 is 27.5 Å². The van der Waals surface area contributed by atoms with E-state index >= 15 is 0 Å². The highest BCUT2D eigenvalue weighted by Gasteiger charge is 2.18. The van der Waals surface area contributed by atoms with Crippen LogP contribution in [0.1, 0.15) is 29.5 Å². The van der Waals surface area contributed by atoms with E-state index < -0.39 is 15.9 Å². The molecule has 26 heavy (non-hydrogen) atoms. The average Bonchev–Trinajstić information content (AvgIpc) is 2.65. The van der Waals surface area contributed by atoms with Crippen molar-refractivity contribution < 1.29 is 13.2 Å². The van der Waals surface area contributed by atoms with E-state index in [2.05, 4.69) is 10.0 Å². The van der Waals surface area contributed by atoms with Crippen LogP contribution in [0.3, 0.4) is 0 Å². The summed E-state index contributed by atoms with van der Waals surface area (Å²) in [5.74, 6) is -0.411. The molecule has 0 saturated heterocycles. The van der Waals surface area contributed by atoms with Gasteiger partial charge >= 0.3 is 0 Å². The predicted molar refractivity (Wildman–Crippen MR) is 102 cm³/mol. The average molecular weight is 393 g/mol. The molecule has 0 spiro atoms. The van der Waals surface area contributed by atoms with Crippen molar-refractivity contribution in [1.29, 1.82) is 0 Å². The Morgan fingerprint density at radius 1 is 1.04 bits per heavy atom. The summed E-state index contributed by atoms with van der Waals surface area (Å²) in [5, 5.41) is 3.22. The Bertz CT molecular complexity index is 913. The van der Waals surface area contributed by atoms with Crippen LogP contribution in [0.25, 0.3) is 0 Å². The Kier molecular flexibility index (Phi) is 5.96. The lowest BCUT2D eigenvalue weighted by Gasteiger charge is -2.16. The Balaban J connectivity index is 1.58. The smallest absolute Gasteiger partial charge is 0.241 e. The van der Waals surface area contributed by atoms with Gasteiger partial charge in [-0.05, 0) is 60.6 Å². The number of fused-ring (bicyclic) bond motifs is 1. The van der Waals surface area contributed by atoms with Crippen molar-refractivity contribution in [2.45, 2.75) is 37.1 Å². The van der Waals surface area contributed by atoms with E-state index in [1.165, 1.54) is 5.56 Å². The molecule has 0 saturated carbocycles. The summed E-state index contributed by atoms with van der Waals surface area (Å²) in [6.45, 7) is -0.0665. The molecule has 2 N–H and O–H groups in total. The minimum atomic E-state index is -3.72. The number of carbonyl (C=O) groups excluding carboxylic acids is 1. The molecule has 1 aliphatic carbocycles. The van der Waals surface area contributed by atoms with E-state index in [4.69, 9.17) is 11.6 Å². The summed E-state index contributed by atoms with van der Waals surface area (Å²) in [6.07, 6.45) is 4.11. The van der Waals surface area contributed by atoms with Gasteiger partial charge in [0.15, 0.2) is 0 Å². The SMILES string of the molecule is O=C(CNS(=O)(=O)c1ccc2c(c1)CCCC2)NCc1ccccc1Cl. The molecule has 0 radical (unpaired) electrons. The van der Waals surface area contributed by atoms with Crippen molar-refractivity contribution in [3.63, 3.8) is 0 Å². The van der Waals surface area contributed by atoms with Crippen LogP contribution in [-0.2, 0) is 34.2 Å². The van der Waals surface area contributed by atoms with Crippen LogP contribution in [0, 0.1) is 0 Å². The lowest BCUT2D eigenvalue weighted by atomic mass is 9.92. The van der Waals surface area contributed by atoms with E-state index in [-0.39, 0.29) is 18.0 Å². The number of carbonyl (C=O) groups is 1. The molecule has 0 aliphatic heterocycles. The number of amides is 1. The zero-order chi connectivity index (χ0) is 18.6. The summed E-state index contributed by atoms with van der Waals surface area (Å²) >= 11 is 6.03. The second-order valence-electron chi connectivity index (χ2n) is 6.33. The van der Waals surface area contributed by atoms with Crippen LogP contribution >= 0.6 is 11.6 Å². The Morgan fingerprint density at radius 3 is 2.54 bits per heavy atom. The van der Waals surface area contributed by atoms with E-state index in [0.717, 1.165) is 36.8 Å². The van der Waals surface area contributed by atoms with Gasteiger partial charge in [-0.3, -0.25) is 4.79 Å². The van der Waals surface area contributed by atoms with Crippen molar-refractivity contribution in [3.05, 3.63) is 64.2 Å². The topological polar surface area (TPSA) is 75.3 Å². The number of hydrogen-bond donors (Lipinski definition) is 2. The molecule has 0 heterocycles. The first-order chi connectivity index (χ1) is 12.5. The minimum Gasteiger partial charge on any atom is -0.351 e. The van der Waals surface area contributed by atoms with E-state index in [1.54, 1.807) is 30.3 Å². The first-order valence-corrected chi connectivity index (χ1v) is 10.4. The molecule has 7 heteroatoms. The highest BCUT2D eigenvalue weighted by atomic mass is 35.5. The normalized spacial score (nSPS) is 13.9. The summed E-state index contributed by atoms with van der Waals surface area (Å²) in [5.41, 5.74) is 3.08. The van der Waals surface area contributed by atoms with Gasteiger partial charge < -0.3 is 5.32 Å². The molecule has 0 fully saturated rings. The number of sulfonamides is 1. The molecular formula is C19H21ClN2O3S. The number of benzene rings is 2. The van der Waals surface area contributed by atoms with Gasteiger partial charge in [0.1, 0.15) is 0 Å². The first-order valence-electron chi connectivity index (χ1n) is 8.57. The molecule has 0 aromatic heterocycles. The minimum absolute atomic E-state index is 0.206. The molecule has 0 atom stereocenters. The highest BCUT2D eigenvalue weighted by Crippen LogP contribution is 2.24. The summed E-state index contributed by atoms with van der Waals surface area (Å²) < 4.78 is 27.2. The number of halogens is 1. The molecule has 2 aromatic carbocycles. The zero-order valence-corrected chi connectivity index (χ0v) is 15.9. The highest BCUT2D eigenvalue weighted by molar-refractivity contribution is 7.89. The van der Waals surface area contributed by atoms with Crippen LogP contribution in [0.15, 0.2) is 47.4 Å². The summed E-state index contributed by atoms with van der Waals surface area (Å²) in [6, 6.07) is 12.4. The van der Waals surface area contributed by atoms with E-state index in [1.807, 2.05) is 12.1 Å². The Morgan fingerprint density at radius 2 is 1.77 bits per heavy atom. The van der Waals surface area contributed by atoms with Crippen LogP contribution in [0.5, 0.6) is 0 Å². The molecule has 0 unspecified atom stereocenters. The van der Waals surface area contributed by atoms with Gasteiger partial charge in [0.05, 0.1) is 11.4 Å². The fraction of sp³-hybridized carbons (Fsp3) is 0.316. The third-order valence-corrected chi connectivity index (χ3v) is 6.25. The Labute approximate surface area is 158 Å². The van der Waals surface area contributed by atoms with Gasteiger partial charge in [0, 0.05) is 11.6 Å². The molecule has 3 rings (SSSR count). The molecule has 2 aromatic rings. The fourth-order valence-corrected chi connectivity index (χ4v) is 4.25. The van der Waals surface area contributed by atoms with Crippen LogP contribution < -0.4 is 10.0 Å². The largest absolute Gasteiger partial charge is 0.351 e. The molecule has 138 valence electrons. The maximum absolute atomic E-state index is 12.4. The summed E-state index contributed by atoms with van der Waals surface area (Å²) in [4.78, 5) is 12.2.